The smallest absolute Gasteiger partial charge is 0.330 e. The summed E-state index contributed by atoms with van der Waals surface area (Å²) in [7, 11) is 0.610. The van der Waals surface area contributed by atoms with Gasteiger partial charge in [0.05, 0.1) is 6.61 Å². The van der Waals surface area contributed by atoms with Gasteiger partial charge in [-0.3, -0.25) is 0 Å². The number of thiophene rings is 1. The molecule has 4 heteroatoms. The second kappa shape index (κ2) is 10.5. The van der Waals surface area contributed by atoms with Crippen LogP contribution in [0.2, 0.25) is 0 Å². The molecule has 1 unspecified atom stereocenters. The number of rotatable bonds is 8. The van der Waals surface area contributed by atoms with Gasteiger partial charge < -0.3 is 4.74 Å². The van der Waals surface area contributed by atoms with Crippen LogP contribution in [0.4, 0.5) is 0 Å². The predicted molar refractivity (Wildman–Crippen MR) is 162 cm³/mol. The third-order valence-corrected chi connectivity index (χ3v) is 9.49. The minimum Gasteiger partial charge on any atom is -0.462 e. The van der Waals surface area contributed by atoms with Crippen molar-refractivity contribution in [1.82, 2.24) is 0 Å². The Morgan fingerprint density at radius 2 is 1.51 bits per heavy atom. The molecule has 5 aromatic carbocycles. The number of carbonyl (C=O) groups is 1. The first-order chi connectivity index (χ1) is 18.2. The van der Waals surface area contributed by atoms with Gasteiger partial charge in [-0.05, 0) is 63.0 Å². The summed E-state index contributed by atoms with van der Waals surface area (Å²) in [6.07, 6.45) is 4.02. The molecule has 0 aliphatic rings. The van der Waals surface area contributed by atoms with Gasteiger partial charge in [0, 0.05) is 32.4 Å². The third-order valence-electron chi connectivity index (χ3n) is 6.94. The first kappa shape index (κ1) is 23.9. The SMILES string of the molecule is C=CC(=O)OCCPc1ccccc1CCc1cc2ccccc2c2c1sc1ccc3ccccc3c12. The molecule has 2 nitrogen and oxygen atoms in total. The van der Waals surface area contributed by atoms with E-state index in [0.717, 1.165) is 19.0 Å². The van der Waals surface area contributed by atoms with Crippen LogP contribution in [0.3, 0.4) is 0 Å². The number of ether oxygens (including phenoxy) is 1. The molecule has 0 spiro atoms. The van der Waals surface area contributed by atoms with E-state index in [4.69, 9.17) is 4.74 Å². The van der Waals surface area contributed by atoms with Gasteiger partial charge in [-0.15, -0.1) is 11.3 Å². The lowest BCUT2D eigenvalue weighted by molar-refractivity contribution is -0.137. The number of carbonyl (C=O) groups excluding carboxylic acids is 1. The Labute approximate surface area is 222 Å². The lowest BCUT2D eigenvalue weighted by Crippen LogP contribution is -2.09. The zero-order valence-corrected chi connectivity index (χ0v) is 22.3. The average Bonchev–Trinajstić information content (AvgIpc) is 3.35. The van der Waals surface area contributed by atoms with Crippen molar-refractivity contribution in [2.45, 2.75) is 12.8 Å². The molecule has 6 rings (SSSR count). The van der Waals surface area contributed by atoms with E-state index in [-0.39, 0.29) is 5.97 Å². The summed E-state index contributed by atoms with van der Waals surface area (Å²) in [6.45, 7) is 3.89. The number of hydrogen-bond donors (Lipinski definition) is 0. The van der Waals surface area contributed by atoms with Crippen molar-refractivity contribution in [3.8, 4) is 0 Å². The molecule has 0 N–H and O–H groups in total. The summed E-state index contributed by atoms with van der Waals surface area (Å²) in [5.74, 6) is -0.352. The normalized spacial score (nSPS) is 11.8. The average molecular weight is 519 g/mol. The Morgan fingerprint density at radius 3 is 2.35 bits per heavy atom. The van der Waals surface area contributed by atoms with E-state index in [1.165, 1.54) is 64.2 Å². The molecule has 0 saturated carbocycles. The van der Waals surface area contributed by atoms with E-state index < -0.39 is 0 Å². The number of aryl methyl sites for hydroxylation is 2. The largest absolute Gasteiger partial charge is 0.462 e. The molecule has 0 amide bonds. The highest BCUT2D eigenvalue weighted by Crippen LogP contribution is 2.43. The summed E-state index contributed by atoms with van der Waals surface area (Å²) in [6, 6.07) is 33.2. The minimum atomic E-state index is -0.352. The van der Waals surface area contributed by atoms with Crippen LogP contribution in [0.5, 0.6) is 0 Å². The molecule has 0 aliphatic carbocycles. The first-order valence-corrected chi connectivity index (χ1v) is 14.6. The summed E-state index contributed by atoms with van der Waals surface area (Å²) in [5, 5.41) is 9.39. The molecule has 0 aliphatic heterocycles. The summed E-state index contributed by atoms with van der Waals surface area (Å²) in [4.78, 5) is 11.4. The lowest BCUT2D eigenvalue weighted by atomic mass is 9.95. The topological polar surface area (TPSA) is 26.3 Å². The highest BCUT2D eigenvalue weighted by molar-refractivity contribution is 7.47. The molecule has 0 bridgehead atoms. The molecular weight excluding hydrogens is 491 g/mol. The molecule has 1 heterocycles. The zero-order chi connectivity index (χ0) is 25.2. The van der Waals surface area contributed by atoms with Gasteiger partial charge in [0.2, 0.25) is 0 Å². The van der Waals surface area contributed by atoms with Gasteiger partial charge in [0.15, 0.2) is 0 Å². The van der Waals surface area contributed by atoms with Gasteiger partial charge in [-0.2, -0.15) is 0 Å². The molecule has 1 aromatic heterocycles. The Morgan fingerprint density at radius 1 is 0.811 bits per heavy atom. The fraction of sp³-hybridized carbons (Fsp3) is 0.121. The van der Waals surface area contributed by atoms with Crippen LogP contribution in [0.25, 0.3) is 41.7 Å². The number of fused-ring (bicyclic) bond motifs is 7. The Bertz CT molecular complexity index is 1780. The number of benzene rings is 5. The zero-order valence-electron chi connectivity index (χ0n) is 20.5. The van der Waals surface area contributed by atoms with Crippen molar-refractivity contribution in [3.05, 3.63) is 115 Å². The maximum absolute atomic E-state index is 11.4. The molecule has 6 aromatic rings. The summed E-state index contributed by atoms with van der Waals surface area (Å²) in [5.41, 5.74) is 2.79. The van der Waals surface area contributed by atoms with Crippen LogP contribution in [-0.2, 0) is 22.4 Å². The Balaban J connectivity index is 1.38. The second-order valence-corrected chi connectivity index (χ2v) is 11.6. The van der Waals surface area contributed by atoms with Crippen LogP contribution in [-0.4, -0.2) is 18.7 Å². The van der Waals surface area contributed by atoms with Gasteiger partial charge in [0.25, 0.3) is 0 Å². The van der Waals surface area contributed by atoms with Crippen LogP contribution < -0.4 is 5.30 Å². The quantitative estimate of drug-likeness (QED) is 0.0879. The molecule has 37 heavy (non-hydrogen) atoms. The van der Waals surface area contributed by atoms with Crippen molar-refractivity contribution >= 4 is 72.9 Å². The highest BCUT2D eigenvalue weighted by Gasteiger charge is 2.16. The van der Waals surface area contributed by atoms with Crippen molar-refractivity contribution in [2.24, 2.45) is 0 Å². The predicted octanol–water partition coefficient (Wildman–Crippen LogP) is 8.18. The van der Waals surface area contributed by atoms with Crippen LogP contribution in [0.1, 0.15) is 11.1 Å². The van der Waals surface area contributed by atoms with Crippen LogP contribution in [0, 0.1) is 0 Å². The highest BCUT2D eigenvalue weighted by atomic mass is 32.1. The van der Waals surface area contributed by atoms with Gasteiger partial charge >= 0.3 is 5.97 Å². The Kier molecular flexibility index (Phi) is 6.74. The molecule has 1 atom stereocenters. The maximum Gasteiger partial charge on any atom is 0.330 e. The van der Waals surface area contributed by atoms with Crippen LogP contribution >= 0.6 is 19.9 Å². The molecular formula is C33H27O2PS. The molecule has 0 saturated heterocycles. The molecule has 182 valence electrons. The van der Waals surface area contributed by atoms with Crippen molar-refractivity contribution in [2.75, 3.05) is 12.8 Å². The summed E-state index contributed by atoms with van der Waals surface area (Å²) < 4.78 is 7.94. The van der Waals surface area contributed by atoms with Crippen molar-refractivity contribution in [3.63, 3.8) is 0 Å². The molecule has 0 fully saturated rings. The van der Waals surface area contributed by atoms with E-state index in [1.807, 2.05) is 11.3 Å². The van der Waals surface area contributed by atoms with E-state index in [9.17, 15) is 4.79 Å². The monoisotopic (exact) mass is 518 g/mol. The van der Waals surface area contributed by atoms with Gasteiger partial charge in [-0.1, -0.05) is 94.0 Å². The van der Waals surface area contributed by atoms with E-state index >= 15 is 0 Å². The first-order valence-electron chi connectivity index (χ1n) is 12.6. The Hall–Kier alpha value is -3.52. The third kappa shape index (κ3) is 4.66. The van der Waals surface area contributed by atoms with Crippen molar-refractivity contribution in [1.29, 1.82) is 0 Å². The second-order valence-electron chi connectivity index (χ2n) is 9.18. The van der Waals surface area contributed by atoms with Gasteiger partial charge in [0.1, 0.15) is 0 Å². The maximum atomic E-state index is 11.4. The van der Waals surface area contributed by atoms with E-state index in [0.29, 0.717) is 15.2 Å². The van der Waals surface area contributed by atoms with E-state index in [1.54, 1.807) is 0 Å². The molecule has 0 radical (unpaired) electrons. The minimum absolute atomic E-state index is 0.352. The fourth-order valence-corrected chi connectivity index (χ4v) is 7.62. The van der Waals surface area contributed by atoms with Crippen LogP contribution in [0.15, 0.2) is 104 Å². The van der Waals surface area contributed by atoms with Crippen molar-refractivity contribution < 1.29 is 9.53 Å². The van der Waals surface area contributed by atoms with E-state index in [2.05, 4.69) is 97.6 Å². The fourth-order valence-electron chi connectivity index (χ4n) is 5.22. The summed E-state index contributed by atoms with van der Waals surface area (Å²) >= 11 is 1.92. The number of esters is 1. The van der Waals surface area contributed by atoms with Gasteiger partial charge in [-0.25, -0.2) is 4.79 Å². The number of hydrogen-bond acceptors (Lipinski definition) is 3. The standard InChI is InChI=1S/C33H27O2PS/c1-2-30(34)35-19-20-36-28-14-8-5-10-23(28)15-16-25-21-24-11-4-7-13-27(24)32-31-26-12-6-3-9-22(26)17-18-29(31)37-33(25)32/h2-14,17-18,21,36H,1,15-16,19-20H2. The lowest BCUT2D eigenvalue weighted by Gasteiger charge is -2.12.